The fraction of sp³-hybridized carbons (Fsp3) is 0.111. The largest absolute Gasteiger partial charge is 0.479 e. The predicted molar refractivity (Wildman–Crippen MR) is 95.4 cm³/mol. The zero-order chi connectivity index (χ0) is 17.8. The van der Waals surface area contributed by atoms with E-state index in [0.717, 1.165) is 11.0 Å². The lowest BCUT2D eigenvalue weighted by atomic mass is 10.2. The first-order chi connectivity index (χ1) is 12.1. The van der Waals surface area contributed by atoms with E-state index in [2.05, 4.69) is 17.2 Å². The molecule has 1 aliphatic rings. The topological polar surface area (TPSA) is 67.4 Å². The van der Waals surface area contributed by atoms with Gasteiger partial charge in [-0.15, -0.1) is 11.8 Å². The molecule has 0 saturated heterocycles. The van der Waals surface area contributed by atoms with Crippen LogP contribution < -0.4 is 15.4 Å². The highest BCUT2D eigenvalue weighted by Gasteiger charge is 2.26. The molecule has 0 aromatic heterocycles. The van der Waals surface area contributed by atoms with Gasteiger partial charge in [-0.3, -0.25) is 9.59 Å². The van der Waals surface area contributed by atoms with Crippen LogP contribution >= 0.6 is 11.8 Å². The molecule has 0 radical (unpaired) electrons. The molecule has 1 aliphatic heterocycles. The Bertz CT molecular complexity index is 841. The van der Waals surface area contributed by atoms with E-state index < -0.39 is 17.8 Å². The number of nitrogens with one attached hydrogen (secondary N) is 2. The first-order valence-electron chi connectivity index (χ1n) is 7.49. The summed E-state index contributed by atoms with van der Waals surface area (Å²) in [6.45, 7) is 3.31. The number of para-hydroxylation sites is 1. The minimum Gasteiger partial charge on any atom is -0.479 e. The van der Waals surface area contributed by atoms with Crippen LogP contribution in [0, 0.1) is 5.82 Å². The number of halogens is 1. The Morgan fingerprint density at radius 1 is 1.24 bits per heavy atom. The minimum atomic E-state index is -0.656. The monoisotopic (exact) mass is 358 g/mol. The molecule has 5 nitrogen and oxygen atoms in total. The van der Waals surface area contributed by atoms with Crippen LogP contribution in [0.3, 0.4) is 0 Å². The van der Waals surface area contributed by atoms with Crippen LogP contribution in [-0.2, 0) is 9.59 Å². The lowest BCUT2D eigenvalue weighted by Crippen LogP contribution is -2.36. The Morgan fingerprint density at radius 2 is 2.04 bits per heavy atom. The van der Waals surface area contributed by atoms with Crippen molar-refractivity contribution in [2.75, 3.05) is 16.4 Å². The number of thioether (sulfide) groups is 1. The van der Waals surface area contributed by atoms with Crippen molar-refractivity contribution < 1.29 is 18.7 Å². The third-order valence-electron chi connectivity index (χ3n) is 3.48. The van der Waals surface area contributed by atoms with Crippen molar-refractivity contribution >= 4 is 35.0 Å². The summed E-state index contributed by atoms with van der Waals surface area (Å²) in [5.74, 6) is -0.339. The van der Waals surface area contributed by atoms with Crippen LogP contribution in [-0.4, -0.2) is 23.7 Å². The van der Waals surface area contributed by atoms with Crippen molar-refractivity contribution in [2.24, 2.45) is 0 Å². The molecule has 1 unspecified atom stereocenters. The Kier molecular flexibility index (Phi) is 5.04. The standard InChI is InChI=1S/C18H15FN2O3S/c1-2-17(22)21-13-9-11(7-8-12(13)19)20-18(23)15-10-25-16-6-4-3-5-14(16)24-15/h2-9,15H,1,10H2,(H,20,23)(H,21,22). The summed E-state index contributed by atoms with van der Waals surface area (Å²) < 4.78 is 19.4. The average Bonchev–Trinajstić information content (AvgIpc) is 2.63. The molecule has 2 N–H and O–H groups in total. The van der Waals surface area contributed by atoms with Crippen molar-refractivity contribution in [3.8, 4) is 5.75 Å². The summed E-state index contributed by atoms with van der Waals surface area (Å²) in [5.41, 5.74) is 0.324. The molecule has 3 rings (SSSR count). The van der Waals surface area contributed by atoms with Gasteiger partial charge in [0, 0.05) is 16.3 Å². The van der Waals surface area contributed by atoms with Crippen LogP contribution in [0.4, 0.5) is 15.8 Å². The Morgan fingerprint density at radius 3 is 2.84 bits per heavy atom. The number of carbonyl (C=O) groups is 2. The molecule has 128 valence electrons. The first-order valence-corrected chi connectivity index (χ1v) is 8.47. The van der Waals surface area contributed by atoms with Gasteiger partial charge in [0.2, 0.25) is 5.91 Å². The maximum Gasteiger partial charge on any atom is 0.266 e. The summed E-state index contributed by atoms with van der Waals surface area (Å²) >= 11 is 1.54. The van der Waals surface area contributed by atoms with Crippen molar-refractivity contribution in [1.82, 2.24) is 0 Å². The highest BCUT2D eigenvalue weighted by atomic mass is 32.2. The summed E-state index contributed by atoms with van der Waals surface area (Å²) in [6, 6.07) is 11.4. The number of fused-ring (bicyclic) bond motifs is 1. The molecule has 1 atom stereocenters. The van der Waals surface area contributed by atoms with Crippen LogP contribution in [0.1, 0.15) is 0 Å². The average molecular weight is 358 g/mol. The lowest BCUT2D eigenvalue weighted by Gasteiger charge is -2.24. The molecular formula is C18H15FN2O3S. The number of rotatable bonds is 4. The third-order valence-corrected chi connectivity index (χ3v) is 4.60. The van der Waals surface area contributed by atoms with E-state index in [0.29, 0.717) is 17.2 Å². The molecule has 2 aromatic rings. The van der Waals surface area contributed by atoms with Gasteiger partial charge in [-0.2, -0.15) is 0 Å². The molecule has 2 aromatic carbocycles. The molecular weight excluding hydrogens is 343 g/mol. The molecule has 0 aliphatic carbocycles. The number of anilines is 2. The van der Waals surface area contributed by atoms with Crippen LogP contribution in [0.5, 0.6) is 5.75 Å². The van der Waals surface area contributed by atoms with Crippen LogP contribution in [0.15, 0.2) is 60.0 Å². The van der Waals surface area contributed by atoms with E-state index in [4.69, 9.17) is 4.74 Å². The fourth-order valence-corrected chi connectivity index (χ4v) is 3.24. The highest BCUT2D eigenvalue weighted by molar-refractivity contribution is 7.99. The second-order valence-electron chi connectivity index (χ2n) is 5.24. The first kappa shape index (κ1) is 17.0. The SMILES string of the molecule is C=CC(=O)Nc1cc(NC(=O)C2CSc3ccccc3O2)ccc1F. The van der Waals surface area contributed by atoms with Crippen molar-refractivity contribution in [3.63, 3.8) is 0 Å². The number of hydrogen-bond donors (Lipinski definition) is 2. The normalized spacial score (nSPS) is 15.5. The number of ether oxygens (including phenoxy) is 1. The number of hydrogen-bond acceptors (Lipinski definition) is 4. The minimum absolute atomic E-state index is 0.0352. The molecule has 0 bridgehead atoms. The Balaban J connectivity index is 1.70. The van der Waals surface area contributed by atoms with E-state index >= 15 is 0 Å². The summed E-state index contributed by atoms with van der Waals surface area (Å²) in [4.78, 5) is 24.7. The maximum absolute atomic E-state index is 13.7. The third kappa shape index (κ3) is 4.00. The maximum atomic E-state index is 13.7. The lowest BCUT2D eigenvalue weighted by molar-refractivity contribution is -0.122. The fourth-order valence-electron chi connectivity index (χ4n) is 2.25. The Hall–Kier alpha value is -2.80. The molecule has 0 fully saturated rings. The van der Waals surface area contributed by atoms with Gasteiger partial charge in [0.05, 0.1) is 5.69 Å². The summed E-state index contributed by atoms with van der Waals surface area (Å²) in [6.07, 6.45) is 0.381. The van der Waals surface area contributed by atoms with E-state index in [9.17, 15) is 14.0 Å². The van der Waals surface area contributed by atoms with Gasteiger partial charge < -0.3 is 15.4 Å². The van der Waals surface area contributed by atoms with Gasteiger partial charge in [-0.1, -0.05) is 18.7 Å². The van der Waals surface area contributed by atoms with Crippen LogP contribution in [0.2, 0.25) is 0 Å². The number of amides is 2. The smallest absolute Gasteiger partial charge is 0.266 e. The van der Waals surface area contributed by atoms with E-state index in [1.165, 1.54) is 30.0 Å². The zero-order valence-electron chi connectivity index (χ0n) is 13.1. The molecule has 25 heavy (non-hydrogen) atoms. The van der Waals surface area contributed by atoms with E-state index in [1.807, 2.05) is 24.3 Å². The zero-order valence-corrected chi connectivity index (χ0v) is 13.9. The second-order valence-corrected chi connectivity index (χ2v) is 6.30. The Labute approximate surface area is 148 Å². The molecule has 0 saturated carbocycles. The number of benzene rings is 2. The molecule has 7 heteroatoms. The van der Waals surface area contributed by atoms with Crippen molar-refractivity contribution in [1.29, 1.82) is 0 Å². The summed E-state index contributed by atoms with van der Waals surface area (Å²) in [7, 11) is 0. The van der Waals surface area contributed by atoms with Gasteiger partial charge in [0.15, 0.2) is 6.10 Å². The highest BCUT2D eigenvalue weighted by Crippen LogP contribution is 2.35. The van der Waals surface area contributed by atoms with Gasteiger partial charge in [0.25, 0.3) is 5.91 Å². The van der Waals surface area contributed by atoms with Crippen molar-refractivity contribution in [3.05, 3.63) is 60.9 Å². The molecule has 0 spiro atoms. The quantitative estimate of drug-likeness (QED) is 0.822. The number of carbonyl (C=O) groups excluding carboxylic acids is 2. The van der Waals surface area contributed by atoms with Gasteiger partial charge in [-0.25, -0.2) is 4.39 Å². The van der Waals surface area contributed by atoms with E-state index in [-0.39, 0.29) is 11.6 Å². The van der Waals surface area contributed by atoms with Crippen LogP contribution in [0.25, 0.3) is 0 Å². The van der Waals surface area contributed by atoms with Crippen molar-refractivity contribution in [2.45, 2.75) is 11.0 Å². The molecule has 1 heterocycles. The predicted octanol–water partition coefficient (Wildman–Crippen LogP) is 3.44. The van der Waals surface area contributed by atoms with E-state index in [1.54, 1.807) is 0 Å². The van der Waals surface area contributed by atoms with Gasteiger partial charge in [0.1, 0.15) is 11.6 Å². The van der Waals surface area contributed by atoms with Gasteiger partial charge >= 0.3 is 0 Å². The van der Waals surface area contributed by atoms with Gasteiger partial charge in [-0.05, 0) is 36.4 Å². The molecule has 2 amide bonds. The summed E-state index contributed by atoms with van der Waals surface area (Å²) in [5, 5.41) is 5.03. The second kappa shape index (κ2) is 7.40.